The lowest BCUT2D eigenvalue weighted by molar-refractivity contribution is 0.474. The summed E-state index contributed by atoms with van der Waals surface area (Å²) in [6, 6.07) is 13.6. The highest BCUT2D eigenvalue weighted by molar-refractivity contribution is 7.22. The van der Waals surface area contributed by atoms with Crippen molar-refractivity contribution in [2.45, 2.75) is 13.8 Å². The number of phenols is 1. The molecule has 0 fully saturated rings. The number of aliphatic imine (C=N–C) groups is 1. The number of hydrogen-bond acceptors (Lipinski definition) is 5. The van der Waals surface area contributed by atoms with Crippen LogP contribution < -0.4 is 4.90 Å². The standard InChI is InChI=1S/C18H19N3OS/c1-3-21(4-2)14-9-10-16(22)13(11-14)12-19-18-20-15-7-5-6-8-17(15)23-18/h5-12,22H,3-4H2,1-2H3/b19-12+. The zero-order valence-corrected chi connectivity index (χ0v) is 14.0. The van der Waals surface area contributed by atoms with Gasteiger partial charge in [-0.1, -0.05) is 23.5 Å². The van der Waals surface area contributed by atoms with Gasteiger partial charge >= 0.3 is 0 Å². The number of thiazole rings is 1. The number of aromatic hydroxyl groups is 1. The third kappa shape index (κ3) is 3.35. The molecule has 0 amide bonds. The van der Waals surface area contributed by atoms with Crippen molar-refractivity contribution in [3.63, 3.8) is 0 Å². The molecule has 3 aromatic rings. The molecule has 1 N–H and O–H groups in total. The zero-order valence-electron chi connectivity index (χ0n) is 13.2. The Hall–Kier alpha value is -2.40. The first-order valence-corrected chi connectivity index (χ1v) is 8.50. The predicted molar refractivity (Wildman–Crippen MR) is 98.5 cm³/mol. The van der Waals surface area contributed by atoms with E-state index in [2.05, 4.69) is 28.7 Å². The first-order valence-electron chi connectivity index (χ1n) is 7.69. The van der Waals surface area contributed by atoms with Crippen LogP contribution in [0.25, 0.3) is 10.2 Å². The van der Waals surface area contributed by atoms with Gasteiger partial charge in [0.25, 0.3) is 0 Å². The van der Waals surface area contributed by atoms with Gasteiger partial charge in [0.15, 0.2) is 0 Å². The smallest absolute Gasteiger partial charge is 0.210 e. The summed E-state index contributed by atoms with van der Waals surface area (Å²) in [4.78, 5) is 11.1. The quantitative estimate of drug-likeness (QED) is 0.698. The first kappa shape index (κ1) is 15.5. The molecule has 0 aliphatic rings. The van der Waals surface area contributed by atoms with Crippen LogP contribution in [0.1, 0.15) is 19.4 Å². The molecule has 0 unspecified atom stereocenters. The van der Waals surface area contributed by atoms with Crippen LogP contribution in [0.3, 0.4) is 0 Å². The van der Waals surface area contributed by atoms with Gasteiger partial charge in [-0.05, 0) is 44.2 Å². The normalized spacial score (nSPS) is 11.4. The van der Waals surface area contributed by atoms with Gasteiger partial charge in [-0.3, -0.25) is 0 Å². The van der Waals surface area contributed by atoms with Gasteiger partial charge < -0.3 is 10.0 Å². The molecule has 2 aromatic carbocycles. The number of hydrogen-bond donors (Lipinski definition) is 1. The highest BCUT2D eigenvalue weighted by atomic mass is 32.1. The Bertz CT molecular complexity index is 804. The summed E-state index contributed by atoms with van der Waals surface area (Å²) >= 11 is 1.54. The molecule has 0 bridgehead atoms. The van der Waals surface area contributed by atoms with Gasteiger partial charge in [0.1, 0.15) is 5.75 Å². The van der Waals surface area contributed by atoms with Crippen LogP contribution in [0.2, 0.25) is 0 Å². The number of aromatic nitrogens is 1. The maximum atomic E-state index is 10.1. The molecule has 1 aromatic heterocycles. The fourth-order valence-electron chi connectivity index (χ4n) is 2.47. The molecule has 0 aliphatic heterocycles. The monoisotopic (exact) mass is 325 g/mol. The molecular weight excluding hydrogens is 306 g/mol. The van der Waals surface area contributed by atoms with E-state index in [1.165, 1.54) is 0 Å². The Labute approximate surface area is 139 Å². The summed E-state index contributed by atoms with van der Waals surface area (Å²) in [5.41, 5.74) is 2.73. The summed E-state index contributed by atoms with van der Waals surface area (Å²) in [7, 11) is 0. The van der Waals surface area contributed by atoms with Gasteiger partial charge in [-0.25, -0.2) is 9.98 Å². The topological polar surface area (TPSA) is 48.7 Å². The highest BCUT2D eigenvalue weighted by Gasteiger charge is 2.06. The number of rotatable bonds is 5. The van der Waals surface area contributed by atoms with Gasteiger partial charge in [-0.2, -0.15) is 0 Å². The van der Waals surface area contributed by atoms with Crippen LogP contribution in [0.4, 0.5) is 10.8 Å². The Balaban J connectivity index is 1.90. The molecule has 0 saturated carbocycles. The van der Waals surface area contributed by atoms with Crippen molar-refractivity contribution in [3.8, 4) is 5.75 Å². The lowest BCUT2D eigenvalue weighted by Crippen LogP contribution is -2.21. The molecular formula is C18H19N3OS. The van der Waals surface area contributed by atoms with E-state index in [-0.39, 0.29) is 5.75 Å². The first-order chi connectivity index (χ1) is 11.2. The van der Waals surface area contributed by atoms with E-state index >= 15 is 0 Å². The largest absolute Gasteiger partial charge is 0.507 e. The Morgan fingerprint density at radius 2 is 1.96 bits per heavy atom. The van der Waals surface area contributed by atoms with Crippen molar-refractivity contribution in [2.75, 3.05) is 18.0 Å². The van der Waals surface area contributed by atoms with E-state index in [4.69, 9.17) is 0 Å². The summed E-state index contributed by atoms with van der Waals surface area (Å²) in [5.74, 6) is 0.228. The summed E-state index contributed by atoms with van der Waals surface area (Å²) < 4.78 is 1.11. The van der Waals surface area contributed by atoms with E-state index < -0.39 is 0 Å². The van der Waals surface area contributed by atoms with E-state index in [1.54, 1.807) is 23.6 Å². The lowest BCUT2D eigenvalue weighted by atomic mass is 10.1. The third-order valence-corrected chi connectivity index (χ3v) is 4.68. The number of benzene rings is 2. The molecule has 5 heteroatoms. The third-order valence-electron chi connectivity index (χ3n) is 3.74. The maximum absolute atomic E-state index is 10.1. The van der Waals surface area contributed by atoms with Crippen LogP contribution >= 0.6 is 11.3 Å². The molecule has 0 aliphatic carbocycles. The number of para-hydroxylation sites is 1. The van der Waals surface area contributed by atoms with Crippen molar-refractivity contribution in [1.29, 1.82) is 0 Å². The average Bonchev–Trinajstić information content (AvgIpc) is 2.99. The SMILES string of the molecule is CCN(CC)c1ccc(O)c(/C=N/c2nc3ccccc3s2)c1. The van der Waals surface area contributed by atoms with Gasteiger partial charge in [0.05, 0.1) is 10.2 Å². The second-order valence-electron chi connectivity index (χ2n) is 5.14. The Morgan fingerprint density at radius 1 is 1.17 bits per heavy atom. The minimum Gasteiger partial charge on any atom is -0.507 e. The minimum atomic E-state index is 0.228. The minimum absolute atomic E-state index is 0.228. The van der Waals surface area contributed by atoms with Crippen LogP contribution in [0.15, 0.2) is 47.5 Å². The van der Waals surface area contributed by atoms with Gasteiger partial charge in [0, 0.05) is 30.6 Å². The molecule has 0 saturated heterocycles. The van der Waals surface area contributed by atoms with E-state index in [9.17, 15) is 5.11 Å². The molecule has 23 heavy (non-hydrogen) atoms. The van der Waals surface area contributed by atoms with Crippen LogP contribution in [0.5, 0.6) is 5.75 Å². The fraction of sp³-hybridized carbons (Fsp3) is 0.222. The average molecular weight is 325 g/mol. The second-order valence-corrected chi connectivity index (χ2v) is 6.15. The van der Waals surface area contributed by atoms with Gasteiger partial charge in [0.2, 0.25) is 5.13 Å². The van der Waals surface area contributed by atoms with E-state index in [1.807, 2.05) is 36.4 Å². The van der Waals surface area contributed by atoms with Crippen LogP contribution in [0, 0.1) is 0 Å². The molecule has 4 nitrogen and oxygen atoms in total. The molecule has 118 valence electrons. The number of fused-ring (bicyclic) bond motifs is 1. The van der Waals surface area contributed by atoms with Crippen molar-refractivity contribution in [2.24, 2.45) is 4.99 Å². The molecule has 0 radical (unpaired) electrons. The van der Waals surface area contributed by atoms with Crippen LogP contribution in [-0.2, 0) is 0 Å². The Kier molecular flexibility index (Phi) is 4.57. The number of phenolic OH excluding ortho intramolecular Hbond substituents is 1. The number of anilines is 1. The molecule has 0 spiro atoms. The van der Waals surface area contributed by atoms with Crippen molar-refractivity contribution in [1.82, 2.24) is 4.98 Å². The highest BCUT2D eigenvalue weighted by Crippen LogP contribution is 2.28. The predicted octanol–water partition coefficient (Wildman–Crippen LogP) is 4.60. The van der Waals surface area contributed by atoms with Crippen molar-refractivity contribution in [3.05, 3.63) is 48.0 Å². The van der Waals surface area contributed by atoms with Crippen molar-refractivity contribution < 1.29 is 5.11 Å². The van der Waals surface area contributed by atoms with Crippen molar-refractivity contribution >= 4 is 38.6 Å². The fourth-order valence-corrected chi connectivity index (χ4v) is 3.28. The summed E-state index contributed by atoms with van der Waals surface area (Å²) in [6.45, 7) is 6.09. The summed E-state index contributed by atoms with van der Waals surface area (Å²) in [6.07, 6.45) is 1.68. The van der Waals surface area contributed by atoms with Gasteiger partial charge in [-0.15, -0.1) is 0 Å². The molecule has 0 atom stereocenters. The maximum Gasteiger partial charge on any atom is 0.210 e. The van der Waals surface area contributed by atoms with E-state index in [0.29, 0.717) is 10.7 Å². The number of nitrogens with zero attached hydrogens (tertiary/aromatic N) is 3. The van der Waals surface area contributed by atoms with Crippen LogP contribution in [-0.4, -0.2) is 29.4 Å². The lowest BCUT2D eigenvalue weighted by Gasteiger charge is -2.21. The molecule has 3 rings (SSSR count). The Morgan fingerprint density at radius 3 is 2.70 bits per heavy atom. The second kappa shape index (κ2) is 6.79. The molecule has 1 heterocycles. The summed E-state index contributed by atoms with van der Waals surface area (Å²) in [5, 5.41) is 10.7. The zero-order chi connectivity index (χ0) is 16.2. The van der Waals surface area contributed by atoms with E-state index in [0.717, 1.165) is 29.0 Å².